The summed E-state index contributed by atoms with van der Waals surface area (Å²) in [6.45, 7) is 8.60. The first-order valence-electron chi connectivity index (χ1n) is 5.05. The van der Waals surface area contributed by atoms with Crippen molar-refractivity contribution in [3.8, 4) is 11.5 Å². The molecule has 0 spiro atoms. The smallest absolute Gasteiger partial charge is 0.162 e. The fourth-order valence-corrected chi connectivity index (χ4v) is 2.16. The molecule has 86 valence electrons. The molecule has 0 bridgehead atoms. The van der Waals surface area contributed by atoms with Crippen molar-refractivity contribution in [2.24, 2.45) is 0 Å². The topological polar surface area (TPSA) is 51.8 Å². The van der Waals surface area contributed by atoms with E-state index in [9.17, 15) is 0 Å². The van der Waals surface area contributed by atoms with Crippen LogP contribution in [0, 0.1) is 18.4 Å². The molecule has 1 rings (SSSR count). The second-order valence-corrected chi connectivity index (χ2v) is 10.1. The molecular formula is C11H17N3SSi. The van der Waals surface area contributed by atoms with Gasteiger partial charge in [0, 0.05) is 5.56 Å². The predicted octanol–water partition coefficient (Wildman–Crippen LogP) is 2.32. The van der Waals surface area contributed by atoms with E-state index in [1.807, 2.05) is 13.2 Å². The zero-order valence-electron chi connectivity index (χ0n) is 10.4. The van der Waals surface area contributed by atoms with Gasteiger partial charge in [-0.05, 0) is 13.2 Å². The highest BCUT2D eigenvalue weighted by molar-refractivity contribution is 7.98. The molecule has 0 fully saturated rings. The Morgan fingerprint density at radius 2 is 1.88 bits per heavy atom. The van der Waals surface area contributed by atoms with Gasteiger partial charge >= 0.3 is 0 Å². The third-order valence-electron chi connectivity index (χ3n) is 1.96. The number of aromatic nitrogens is 2. The molecule has 1 heterocycles. The molecule has 1 aromatic rings. The zero-order chi connectivity index (χ0) is 12.3. The van der Waals surface area contributed by atoms with E-state index in [0.717, 1.165) is 16.2 Å². The Bertz CT molecular complexity index is 455. The van der Waals surface area contributed by atoms with Gasteiger partial charge in [-0.15, -0.1) is 27.5 Å². The largest absolute Gasteiger partial charge is 0.381 e. The highest BCUT2D eigenvalue weighted by Crippen LogP contribution is 2.21. The van der Waals surface area contributed by atoms with E-state index in [1.54, 1.807) is 11.8 Å². The van der Waals surface area contributed by atoms with Gasteiger partial charge in [-0.2, -0.15) is 0 Å². The van der Waals surface area contributed by atoms with Crippen LogP contribution in [0.15, 0.2) is 5.03 Å². The molecule has 0 atom stereocenters. The highest BCUT2D eigenvalue weighted by Gasteiger charge is 2.11. The second kappa shape index (κ2) is 4.89. The van der Waals surface area contributed by atoms with E-state index in [1.165, 1.54) is 0 Å². The van der Waals surface area contributed by atoms with Crippen molar-refractivity contribution in [1.29, 1.82) is 0 Å². The zero-order valence-corrected chi connectivity index (χ0v) is 12.2. The molecule has 5 heteroatoms. The Morgan fingerprint density at radius 3 is 2.38 bits per heavy atom. The molecule has 0 aliphatic rings. The molecule has 0 aromatic carbocycles. The number of rotatable bonds is 1. The lowest BCUT2D eigenvalue weighted by Crippen LogP contribution is -2.16. The van der Waals surface area contributed by atoms with Crippen LogP contribution in [0.1, 0.15) is 11.1 Å². The first-order chi connectivity index (χ1) is 7.35. The van der Waals surface area contributed by atoms with Crippen molar-refractivity contribution in [3.05, 3.63) is 11.1 Å². The molecule has 1 aromatic heterocycles. The fourth-order valence-electron chi connectivity index (χ4n) is 1.13. The van der Waals surface area contributed by atoms with Gasteiger partial charge in [-0.25, -0.2) is 0 Å². The summed E-state index contributed by atoms with van der Waals surface area (Å²) in [6.07, 6.45) is 1.98. The average Bonchev–Trinajstić information content (AvgIpc) is 2.16. The minimum Gasteiger partial charge on any atom is -0.381 e. The van der Waals surface area contributed by atoms with Gasteiger partial charge in [0.25, 0.3) is 0 Å². The molecule has 16 heavy (non-hydrogen) atoms. The van der Waals surface area contributed by atoms with E-state index >= 15 is 0 Å². The first kappa shape index (κ1) is 13.1. The van der Waals surface area contributed by atoms with E-state index in [4.69, 9.17) is 5.73 Å². The number of nitrogen functional groups attached to an aromatic ring is 1. The predicted molar refractivity (Wildman–Crippen MR) is 73.2 cm³/mol. The van der Waals surface area contributed by atoms with E-state index in [0.29, 0.717) is 5.82 Å². The summed E-state index contributed by atoms with van der Waals surface area (Å²) < 4.78 is 0. The third-order valence-corrected chi connectivity index (χ3v) is 3.61. The summed E-state index contributed by atoms with van der Waals surface area (Å²) in [4.78, 5) is 0. The van der Waals surface area contributed by atoms with E-state index in [-0.39, 0.29) is 0 Å². The van der Waals surface area contributed by atoms with Crippen LogP contribution in [0.25, 0.3) is 0 Å². The van der Waals surface area contributed by atoms with Crippen LogP contribution >= 0.6 is 11.8 Å². The van der Waals surface area contributed by atoms with Crippen molar-refractivity contribution >= 4 is 25.7 Å². The Morgan fingerprint density at radius 1 is 1.25 bits per heavy atom. The monoisotopic (exact) mass is 251 g/mol. The second-order valence-electron chi connectivity index (χ2n) is 4.59. The van der Waals surface area contributed by atoms with Crippen LogP contribution in [0.4, 0.5) is 5.82 Å². The number of thioether (sulfide) groups is 1. The van der Waals surface area contributed by atoms with Gasteiger partial charge in [0.15, 0.2) is 5.82 Å². The maximum absolute atomic E-state index is 5.80. The SMILES string of the molecule is CSc1nnc(N)c(C#C[Si](C)(C)C)c1C. The standard InChI is InChI=1S/C11H17N3SSi/c1-8-9(6-7-16(3,4)5)10(12)13-14-11(8)15-2/h1-5H3,(H2,12,13). The van der Waals surface area contributed by atoms with Crippen molar-refractivity contribution in [3.63, 3.8) is 0 Å². The van der Waals surface area contributed by atoms with Gasteiger partial charge in [0.05, 0.1) is 5.56 Å². The number of nitrogens with zero attached hydrogens (tertiary/aromatic N) is 2. The summed E-state index contributed by atoms with van der Waals surface area (Å²) in [5.41, 5.74) is 11.0. The van der Waals surface area contributed by atoms with Gasteiger partial charge < -0.3 is 5.73 Å². The van der Waals surface area contributed by atoms with Crippen molar-refractivity contribution in [1.82, 2.24) is 10.2 Å². The van der Waals surface area contributed by atoms with Crippen LogP contribution < -0.4 is 5.73 Å². The molecule has 3 nitrogen and oxygen atoms in total. The summed E-state index contributed by atoms with van der Waals surface area (Å²) in [7, 11) is -1.39. The lowest BCUT2D eigenvalue weighted by molar-refractivity contribution is 0.912. The van der Waals surface area contributed by atoms with Crippen LogP contribution in [-0.2, 0) is 0 Å². The van der Waals surface area contributed by atoms with Crippen molar-refractivity contribution in [2.75, 3.05) is 12.0 Å². The number of hydrogen-bond acceptors (Lipinski definition) is 4. The molecule has 0 saturated carbocycles. The maximum atomic E-state index is 5.80. The summed E-state index contributed by atoms with van der Waals surface area (Å²) in [5.74, 6) is 3.60. The van der Waals surface area contributed by atoms with E-state index in [2.05, 4.69) is 41.3 Å². The molecular weight excluding hydrogens is 234 g/mol. The van der Waals surface area contributed by atoms with Gasteiger partial charge in [-0.3, -0.25) is 0 Å². The number of hydrogen-bond donors (Lipinski definition) is 1. The molecule has 2 N–H and O–H groups in total. The van der Waals surface area contributed by atoms with E-state index < -0.39 is 8.07 Å². The Balaban J connectivity index is 3.26. The molecule has 0 aliphatic carbocycles. The van der Waals surface area contributed by atoms with Gasteiger partial charge in [0.1, 0.15) is 13.1 Å². The van der Waals surface area contributed by atoms with Gasteiger partial charge in [-0.1, -0.05) is 25.6 Å². The number of anilines is 1. The lowest BCUT2D eigenvalue weighted by Gasteiger charge is -2.07. The molecule has 0 radical (unpaired) electrons. The fraction of sp³-hybridized carbons (Fsp3) is 0.455. The maximum Gasteiger partial charge on any atom is 0.162 e. The van der Waals surface area contributed by atoms with Crippen LogP contribution in [0.3, 0.4) is 0 Å². The Hall–Kier alpha value is -0.993. The quantitative estimate of drug-likeness (QED) is 0.473. The van der Waals surface area contributed by atoms with Crippen LogP contribution in [-0.4, -0.2) is 24.5 Å². The molecule has 0 aliphatic heterocycles. The summed E-state index contributed by atoms with van der Waals surface area (Å²) in [6, 6.07) is 0. The lowest BCUT2D eigenvalue weighted by atomic mass is 10.2. The molecule has 0 amide bonds. The first-order valence-corrected chi connectivity index (χ1v) is 9.77. The highest BCUT2D eigenvalue weighted by atomic mass is 32.2. The summed E-state index contributed by atoms with van der Waals surface area (Å²) in [5, 5.41) is 8.86. The molecule has 0 saturated heterocycles. The normalized spacial score (nSPS) is 10.8. The summed E-state index contributed by atoms with van der Waals surface area (Å²) >= 11 is 1.57. The molecule has 0 unspecified atom stereocenters. The van der Waals surface area contributed by atoms with Crippen LogP contribution in [0.2, 0.25) is 19.6 Å². The minimum atomic E-state index is -1.39. The Labute approximate surface area is 102 Å². The van der Waals surface area contributed by atoms with Crippen LogP contribution in [0.5, 0.6) is 0 Å². The average molecular weight is 251 g/mol. The number of nitrogens with two attached hydrogens (primary N) is 1. The Kier molecular flexibility index (Phi) is 4.00. The van der Waals surface area contributed by atoms with Crippen molar-refractivity contribution in [2.45, 2.75) is 31.6 Å². The third kappa shape index (κ3) is 3.25. The minimum absolute atomic E-state index is 0.432. The van der Waals surface area contributed by atoms with Crippen molar-refractivity contribution < 1.29 is 0 Å². The van der Waals surface area contributed by atoms with Gasteiger partial charge in [0.2, 0.25) is 0 Å².